The number of nitrogens with zero attached hydrogens (tertiary/aromatic N) is 1. The van der Waals surface area contributed by atoms with Crippen LogP contribution in [0.2, 0.25) is 0 Å². The van der Waals surface area contributed by atoms with Gasteiger partial charge in [0.05, 0.1) is 13.1 Å². The maximum atomic E-state index is 12.0. The Morgan fingerprint density at radius 3 is 3.05 bits per heavy atom. The predicted octanol–water partition coefficient (Wildman–Crippen LogP) is 2.19. The number of carbonyl (C=O) groups is 2. The Kier molecular flexibility index (Phi) is 4.13. The SMILES string of the molecule is CC(=O)NC[C@H]1CN(c2ccc3c(c2)CC=CCC3)C(=O)O1. The highest BCUT2D eigenvalue weighted by molar-refractivity contribution is 5.90. The van der Waals surface area contributed by atoms with E-state index >= 15 is 0 Å². The monoisotopic (exact) mass is 300 g/mol. The van der Waals surface area contributed by atoms with Crippen molar-refractivity contribution >= 4 is 17.7 Å². The van der Waals surface area contributed by atoms with Crippen molar-refractivity contribution in [1.29, 1.82) is 0 Å². The number of nitrogens with one attached hydrogen (secondary N) is 1. The van der Waals surface area contributed by atoms with E-state index in [1.54, 1.807) is 4.90 Å². The lowest BCUT2D eigenvalue weighted by atomic mass is 10.0. The van der Waals surface area contributed by atoms with Crippen LogP contribution in [0.3, 0.4) is 0 Å². The highest BCUT2D eigenvalue weighted by atomic mass is 16.6. The number of allylic oxidation sites excluding steroid dienone is 2. The molecule has 1 aliphatic carbocycles. The first-order valence-electron chi connectivity index (χ1n) is 7.63. The summed E-state index contributed by atoms with van der Waals surface area (Å²) in [6, 6.07) is 6.16. The van der Waals surface area contributed by atoms with Gasteiger partial charge in [0, 0.05) is 12.6 Å². The Labute approximate surface area is 129 Å². The molecule has 3 rings (SSSR count). The molecular formula is C17H20N2O3. The summed E-state index contributed by atoms with van der Waals surface area (Å²) in [5.74, 6) is -0.119. The van der Waals surface area contributed by atoms with Crippen LogP contribution in [0.5, 0.6) is 0 Å². The van der Waals surface area contributed by atoms with Crippen LogP contribution >= 0.6 is 0 Å². The van der Waals surface area contributed by atoms with E-state index in [0.29, 0.717) is 13.1 Å². The second kappa shape index (κ2) is 6.22. The molecule has 0 spiro atoms. The number of rotatable bonds is 3. The summed E-state index contributed by atoms with van der Waals surface area (Å²) in [7, 11) is 0. The average Bonchev–Trinajstić information content (AvgIpc) is 2.71. The van der Waals surface area contributed by atoms with Gasteiger partial charge in [-0.05, 0) is 42.5 Å². The van der Waals surface area contributed by atoms with Gasteiger partial charge in [-0.2, -0.15) is 0 Å². The first-order chi connectivity index (χ1) is 10.6. The molecule has 22 heavy (non-hydrogen) atoms. The molecule has 0 saturated carbocycles. The van der Waals surface area contributed by atoms with Gasteiger partial charge in [0.2, 0.25) is 5.91 Å². The maximum absolute atomic E-state index is 12.0. The quantitative estimate of drug-likeness (QED) is 0.871. The van der Waals surface area contributed by atoms with Crippen molar-refractivity contribution in [3.05, 3.63) is 41.5 Å². The Hall–Kier alpha value is -2.30. The normalized spacial score (nSPS) is 20.3. The van der Waals surface area contributed by atoms with Gasteiger partial charge in [0.25, 0.3) is 0 Å². The average molecular weight is 300 g/mol. The summed E-state index contributed by atoms with van der Waals surface area (Å²) in [4.78, 5) is 24.6. The summed E-state index contributed by atoms with van der Waals surface area (Å²) < 4.78 is 5.31. The minimum atomic E-state index is -0.348. The van der Waals surface area contributed by atoms with Crippen LogP contribution < -0.4 is 10.2 Å². The number of benzene rings is 1. The fourth-order valence-corrected chi connectivity index (χ4v) is 2.88. The van der Waals surface area contributed by atoms with Crippen molar-refractivity contribution in [1.82, 2.24) is 5.32 Å². The van der Waals surface area contributed by atoms with E-state index in [1.165, 1.54) is 18.1 Å². The molecule has 1 saturated heterocycles. The van der Waals surface area contributed by atoms with Gasteiger partial charge >= 0.3 is 6.09 Å². The van der Waals surface area contributed by atoms with Gasteiger partial charge in [-0.15, -0.1) is 0 Å². The van der Waals surface area contributed by atoms with Crippen LogP contribution in [0, 0.1) is 0 Å². The molecule has 1 fully saturated rings. The van der Waals surface area contributed by atoms with E-state index in [0.717, 1.165) is 24.9 Å². The van der Waals surface area contributed by atoms with E-state index in [2.05, 4.69) is 29.6 Å². The minimum absolute atomic E-state index is 0.119. The first-order valence-corrected chi connectivity index (χ1v) is 7.63. The van der Waals surface area contributed by atoms with Gasteiger partial charge < -0.3 is 10.1 Å². The largest absolute Gasteiger partial charge is 0.442 e. The molecule has 1 heterocycles. The molecule has 5 nitrogen and oxygen atoms in total. The lowest BCUT2D eigenvalue weighted by Gasteiger charge is -2.16. The van der Waals surface area contributed by atoms with Crippen molar-refractivity contribution in [2.75, 3.05) is 18.0 Å². The third-order valence-electron chi connectivity index (χ3n) is 4.04. The Bertz CT molecular complexity index is 624. The van der Waals surface area contributed by atoms with E-state index in [1.807, 2.05) is 6.07 Å². The lowest BCUT2D eigenvalue weighted by Crippen LogP contribution is -2.33. The molecule has 0 unspecified atom stereocenters. The number of cyclic esters (lactones) is 1. The fraction of sp³-hybridized carbons (Fsp3) is 0.412. The van der Waals surface area contributed by atoms with Crippen molar-refractivity contribution in [3.8, 4) is 0 Å². The molecular weight excluding hydrogens is 280 g/mol. The van der Waals surface area contributed by atoms with Gasteiger partial charge in [-0.1, -0.05) is 18.2 Å². The number of amides is 2. The first kappa shape index (κ1) is 14.6. The van der Waals surface area contributed by atoms with E-state index in [9.17, 15) is 9.59 Å². The Morgan fingerprint density at radius 1 is 1.36 bits per heavy atom. The van der Waals surface area contributed by atoms with Crippen LogP contribution in [0.25, 0.3) is 0 Å². The van der Waals surface area contributed by atoms with Gasteiger partial charge in [0.15, 0.2) is 0 Å². The number of anilines is 1. The van der Waals surface area contributed by atoms with Crippen molar-refractivity contribution in [3.63, 3.8) is 0 Å². The molecule has 5 heteroatoms. The minimum Gasteiger partial charge on any atom is -0.442 e. The number of hydrogen-bond donors (Lipinski definition) is 1. The highest BCUT2D eigenvalue weighted by Crippen LogP contribution is 2.26. The predicted molar refractivity (Wildman–Crippen MR) is 83.9 cm³/mol. The molecule has 1 aromatic rings. The van der Waals surface area contributed by atoms with Crippen LogP contribution in [-0.4, -0.2) is 31.2 Å². The zero-order chi connectivity index (χ0) is 15.5. The highest BCUT2D eigenvalue weighted by Gasteiger charge is 2.32. The van der Waals surface area contributed by atoms with E-state index in [4.69, 9.17) is 4.74 Å². The van der Waals surface area contributed by atoms with Crippen LogP contribution in [-0.2, 0) is 22.4 Å². The molecule has 2 amide bonds. The summed E-state index contributed by atoms with van der Waals surface area (Å²) in [5.41, 5.74) is 3.48. The second-order valence-electron chi connectivity index (χ2n) is 5.72. The molecule has 0 bridgehead atoms. The second-order valence-corrected chi connectivity index (χ2v) is 5.72. The van der Waals surface area contributed by atoms with E-state index < -0.39 is 0 Å². The third-order valence-corrected chi connectivity index (χ3v) is 4.04. The number of hydrogen-bond acceptors (Lipinski definition) is 3. The molecule has 0 radical (unpaired) electrons. The Morgan fingerprint density at radius 2 is 2.23 bits per heavy atom. The molecule has 0 aromatic heterocycles. The summed E-state index contributed by atoms with van der Waals surface area (Å²) >= 11 is 0. The van der Waals surface area contributed by atoms with Gasteiger partial charge in [-0.25, -0.2) is 4.79 Å². The van der Waals surface area contributed by atoms with Crippen LogP contribution in [0.4, 0.5) is 10.5 Å². The Balaban J connectivity index is 1.74. The summed E-state index contributed by atoms with van der Waals surface area (Å²) in [6.45, 7) is 2.27. The summed E-state index contributed by atoms with van der Waals surface area (Å²) in [5, 5.41) is 2.69. The molecule has 116 valence electrons. The molecule has 1 aliphatic heterocycles. The number of ether oxygens (including phenoxy) is 1. The fourth-order valence-electron chi connectivity index (χ4n) is 2.88. The molecule has 1 aromatic carbocycles. The standard InChI is InChI=1S/C17H20N2O3/c1-12(20)18-10-16-11-19(17(21)22-16)15-8-7-13-5-3-2-4-6-14(13)9-15/h2,4,7-9,16H,3,5-6,10-11H2,1H3,(H,18,20)/t16-/m0/s1. The number of aryl methyl sites for hydroxylation is 1. The van der Waals surface area contributed by atoms with Crippen molar-refractivity contribution < 1.29 is 14.3 Å². The molecule has 1 N–H and O–H groups in total. The smallest absolute Gasteiger partial charge is 0.414 e. The van der Waals surface area contributed by atoms with Crippen molar-refractivity contribution in [2.45, 2.75) is 32.3 Å². The molecule has 1 atom stereocenters. The number of fused-ring (bicyclic) bond motifs is 1. The lowest BCUT2D eigenvalue weighted by molar-refractivity contribution is -0.119. The van der Waals surface area contributed by atoms with Crippen LogP contribution in [0.1, 0.15) is 24.5 Å². The topological polar surface area (TPSA) is 58.6 Å². The zero-order valence-electron chi connectivity index (χ0n) is 12.7. The maximum Gasteiger partial charge on any atom is 0.414 e. The zero-order valence-corrected chi connectivity index (χ0v) is 12.7. The third kappa shape index (κ3) is 3.13. The van der Waals surface area contributed by atoms with Crippen molar-refractivity contribution in [2.24, 2.45) is 0 Å². The van der Waals surface area contributed by atoms with Gasteiger partial charge in [0.1, 0.15) is 6.10 Å². The summed E-state index contributed by atoms with van der Waals surface area (Å²) in [6.07, 6.45) is 6.75. The van der Waals surface area contributed by atoms with E-state index in [-0.39, 0.29) is 18.1 Å². The van der Waals surface area contributed by atoms with Gasteiger partial charge in [-0.3, -0.25) is 9.69 Å². The molecule has 2 aliphatic rings. The van der Waals surface area contributed by atoms with Crippen LogP contribution in [0.15, 0.2) is 30.4 Å². The number of carbonyl (C=O) groups excluding carboxylic acids is 2.